The van der Waals surface area contributed by atoms with Crippen molar-refractivity contribution >= 4 is 42.5 Å². The second-order valence-electron chi connectivity index (χ2n) is 7.30. The Morgan fingerprint density at radius 2 is 1.90 bits per heavy atom. The van der Waals surface area contributed by atoms with Gasteiger partial charge in [-0.3, -0.25) is 4.79 Å². The Morgan fingerprint density at radius 3 is 2.53 bits per heavy atom. The molecule has 2 aromatic carbocycles. The number of hydrogen-bond acceptors (Lipinski definition) is 3. The molecule has 0 fully saturated rings. The van der Waals surface area contributed by atoms with Crippen molar-refractivity contribution in [3.8, 4) is 11.3 Å². The van der Waals surface area contributed by atoms with E-state index in [1.807, 2.05) is 13.8 Å². The summed E-state index contributed by atoms with van der Waals surface area (Å²) in [5.74, 6) is 0.289. The SMILES string of the molecule is CC(C)[C@@H]1NC(=O)Cn2c1nc(-c1ccc(F)cc1)c2Nc1ccc(Cl)c(F)c1.S. The van der Waals surface area contributed by atoms with E-state index in [9.17, 15) is 13.6 Å². The molecule has 1 amide bonds. The fourth-order valence-electron chi connectivity index (χ4n) is 3.41. The van der Waals surface area contributed by atoms with Gasteiger partial charge in [0.1, 0.15) is 35.5 Å². The number of benzene rings is 2. The van der Waals surface area contributed by atoms with Crippen LogP contribution in [-0.2, 0) is 11.3 Å². The van der Waals surface area contributed by atoms with Crippen molar-refractivity contribution in [2.24, 2.45) is 5.92 Å². The molecule has 30 heavy (non-hydrogen) atoms. The van der Waals surface area contributed by atoms with Crippen molar-refractivity contribution < 1.29 is 13.6 Å². The Hall–Kier alpha value is -2.58. The van der Waals surface area contributed by atoms with E-state index in [-0.39, 0.29) is 48.7 Å². The average Bonchev–Trinajstić information content (AvgIpc) is 3.03. The van der Waals surface area contributed by atoms with E-state index in [1.165, 1.54) is 24.3 Å². The van der Waals surface area contributed by atoms with Crippen molar-refractivity contribution in [3.05, 3.63) is 64.9 Å². The van der Waals surface area contributed by atoms with Crippen molar-refractivity contribution in [3.63, 3.8) is 0 Å². The first-order valence-corrected chi connectivity index (χ1v) is 9.59. The van der Waals surface area contributed by atoms with Crippen LogP contribution in [0.4, 0.5) is 20.3 Å². The standard InChI is InChI=1S/C21H19ClF2N4O.H2S/c1-11(2)18-20-27-19(12-3-5-13(23)6-4-12)21(28(20)10-17(29)26-18)25-14-7-8-15(22)16(24)9-14;/h3-9,11,18,25H,10H2,1-2H3,(H,26,29);1H2/t18-;/m0./s1. The maximum absolute atomic E-state index is 13.9. The number of imidazole rings is 1. The number of aromatic nitrogens is 2. The predicted octanol–water partition coefficient (Wildman–Crippen LogP) is 5.17. The van der Waals surface area contributed by atoms with E-state index in [0.717, 1.165) is 0 Å². The highest BCUT2D eigenvalue weighted by molar-refractivity contribution is 7.59. The molecule has 0 saturated heterocycles. The lowest BCUT2D eigenvalue weighted by Gasteiger charge is -2.28. The molecule has 0 saturated carbocycles. The Kier molecular flexibility index (Phi) is 6.38. The summed E-state index contributed by atoms with van der Waals surface area (Å²) in [6, 6.07) is 10.0. The number of nitrogens with zero attached hydrogens (tertiary/aromatic N) is 2. The number of amides is 1. The van der Waals surface area contributed by atoms with Crippen LogP contribution in [0.5, 0.6) is 0 Å². The lowest BCUT2D eigenvalue weighted by atomic mass is 10.0. The summed E-state index contributed by atoms with van der Waals surface area (Å²) in [6.07, 6.45) is 0. The van der Waals surface area contributed by atoms with Crippen molar-refractivity contribution in [1.82, 2.24) is 14.9 Å². The van der Waals surface area contributed by atoms with Crippen LogP contribution in [0.3, 0.4) is 0 Å². The number of rotatable bonds is 4. The van der Waals surface area contributed by atoms with Gasteiger partial charge in [0.25, 0.3) is 0 Å². The molecule has 5 nitrogen and oxygen atoms in total. The van der Waals surface area contributed by atoms with Crippen LogP contribution >= 0.6 is 25.1 Å². The van der Waals surface area contributed by atoms with Gasteiger partial charge in [-0.2, -0.15) is 13.5 Å². The minimum Gasteiger partial charge on any atom is -0.344 e. The minimum atomic E-state index is -0.559. The lowest BCUT2D eigenvalue weighted by molar-refractivity contribution is -0.123. The summed E-state index contributed by atoms with van der Waals surface area (Å²) in [7, 11) is 0. The third-order valence-electron chi connectivity index (χ3n) is 4.86. The van der Waals surface area contributed by atoms with Crippen molar-refractivity contribution in [2.75, 3.05) is 5.32 Å². The summed E-state index contributed by atoms with van der Waals surface area (Å²) in [4.78, 5) is 17.1. The molecule has 0 spiro atoms. The van der Waals surface area contributed by atoms with Gasteiger partial charge in [-0.1, -0.05) is 25.4 Å². The predicted molar refractivity (Wildman–Crippen MR) is 118 cm³/mol. The summed E-state index contributed by atoms with van der Waals surface area (Å²) in [5.41, 5.74) is 1.70. The van der Waals surface area contributed by atoms with Gasteiger partial charge in [0, 0.05) is 11.3 Å². The van der Waals surface area contributed by atoms with Crippen LogP contribution in [0.15, 0.2) is 42.5 Å². The van der Waals surface area contributed by atoms with Crippen LogP contribution in [0.1, 0.15) is 25.7 Å². The number of hydrogen-bond donors (Lipinski definition) is 2. The highest BCUT2D eigenvalue weighted by atomic mass is 35.5. The summed E-state index contributed by atoms with van der Waals surface area (Å²) in [6.45, 7) is 4.06. The molecule has 3 aromatic rings. The number of anilines is 2. The van der Waals surface area contributed by atoms with Gasteiger partial charge in [0.2, 0.25) is 5.91 Å². The molecule has 1 aromatic heterocycles. The Bertz CT molecular complexity index is 1090. The van der Waals surface area contributed by atoms with Crippen LogP contribution in [0.25, 0.3) is 11.3 Å². The number of nitrogens with one attached hydrogen (secondary N) is 2. The summed E-state index contributed by atoms with van der Waals surface area (Å²) < 4.78 is 29.2. The Morgan fingerprint density at radius 1 is 1.20 bits per heavy atom. The molecule has 1 atom stereocenters. The maximum atomic E-state index is 13.9. The number of fused-ring (bicyclic) bond motifs is 1. The second kappa shape index (κ2) is 8.65. The van der Waals surface area contributed by atoms with E-state index < -0.39 is 5.82 Å². The number of carbonyl (C=O) groups is 1. The largest absolute Gasteiger partial charge is 0.344 e. The average molecular weight is 451 g/mol. The van der Waals surface area contributed by atoms with Gasteiger partial charge in [0.05, 0.1) is 11.1 Å². The molecule has 0 bridgehead atoms. The first-order valence-electron chi connectivity index (χ1n) is 9.21. The normalized spacial score (nSPS) is 15.4. The quantitative estimate of drug-likeness (QED) is 0.576. The molecule has 0 radical (unpaired) electrons. The third kappa shape index (κ3) is 4.15. The van der Waals surface area contributed by atoms with Gasteiger partial charge in [-0.05, 0) is 48.4 Å². The van der Waals surface area contributed by atoms with Gasteiger partial charge in [-0.25, -0.2) is 13.8 Å². The van der Waals surface area contributed by atoms with E-state index in [0.29, 0.717) is 28.6 Å². The molecule has 2 N–H and O–H groups in total. The zero-order valence-electron chi connectivity index (χ0n) is 16.3. The second-order valence-corrected chi connectivity index (χ2v) is 7.71. The monoisotopic (exact) mass is 450 g/mol. The molecular weight excluding hydrogens is 430 g/mol. The molecule has 9 heteroatoms. The molecule has 0 aliphatic carbocycles. The fourth-order valence-corrected chi connectivity index (χ4v) is 3.52. The third-order valence-corrected chi connectivity index (χ3v) is 5.17. The van der Waals surface area contributed by atoms with Crippen LogP contribution in [0, 0.1) is 17.6 Å². The van der Waals surface area contributed by atoms with E-state index in [4.69, 9.17) is 16.6 Å². The number of halogens is 3. The van der Waals surface area contributed by atoms with Gasteiger partial charge >= 0.3 is 0 Å². The molecule has 1 aliphatic rings. The fraction of sp³-hybridized carbons (Fsp3) is 0.238. The van der Waals surface area contributed by atoms with E-state index in [2.05, 4.69) is 10.6 Å². The lowest BCUT2D eigenvalue weighted by Crippen LogP contribution is -2.41. The zero-order valence-corrected chi connectivity index (χ0v) is 18.1. The van der Waals surface area contributed by atoms with Gasteiger partial charge in [-0.15, -0.1) is 0 Å². The Balaban J connectivity index is 0.00000256. The molecular formula is C21H21ClF2N4OS. The van der Waals surface area contributed by atoms with E-state index >= 15 is 0 Å². The molecule has 0 unspecified atom stereocenters. The maximum Gasteiger partial charge on any atom is 0.240 e. The summed E-state index contributed by atoms with van der Waals surface area (Å²) in [5, 5.41) is 6.15. The zero-order chi connectivity index (χ0) is 20.7. The van der Waals surface area contributed by atoms with E-state index in [1.54, 1.807) is 22.8 Å². The highest BCUT2D eigenvalue weighted by Crippen LogP contribution is 2.36. The van der Waals surface area contributed by atoms with Crippen LogP contribution < -0.4 is 10.6 Å². The topological polar surface area (TPSA) is 59.0 Å². The molecule has 158 valence electrons. The smallest absolute Gasteiger partial charge is 0.240 e. The first-order chi connectivity index (χ1) is 13.8. The van der Waals surface area contributed by atoms with Gasteiger partial charge in [0.15, 0.2) is 0 Å². The molecule has 2 heterocycles. The number of carbonyl (C=O) groups excluding carboxylic acids is 1. The first kappa shape index (κ1) is 22.1. The highest BCUT2D eigenvalue weighted by Gasteiger charge is 2.32. The Labute approximate surface area is 184 Å². The van der Waals surface area contributed by atoms with Crippen LogP contribution in [-0.4, -0.2) is 15.5 Å². The summed E-state index contributed by atoms with van der Waals surface area (Å²) >= 11 is 5.78. The van der Waals surface area contributed by atoms with Crippen molar-refractivity contribution in [1.29, 1.82) is 0 Å². The van der Waals surface area contributed by atoms with Crippen LogP contribution in [0.2, 0.25) is 5.02 Å². The molecule has 1 aliphatic heterocycles. The molecule has 4 rings (SSSR count). The minimum absolute atomic E-state index is 0. The van der Waals surface area contributed by atoms with Gasteiger partial charge < -0.3 is 15.2 Å². The van der Waals surface area contributed by atoms with Crippen molar-refractivity contribution in [2.45, 2.75) is 26.4 Å².